The number of morpholine rings is 1. The Morgan fingerprint density at radius 3 is 2.42 bits per heavy atom. The first kappa shape index (κ1) is 28.9. The van der Waals surface area contributed by atoms with Gasteiger partial charge in [0.15, 0.2) is 5.78 Å². The minimum atomic E-state index is -1.17. The number of hydrogen-bond acceptors (Lipinski definition) is 7. The summed E-state index contributed by atoms with van der Waals surface area (Å²) in [5.41, 5.74) is 6.61. The summed E-state index contributed by atoms with van der Waals surface area (Å²) in [6.07, 6.45) is 14.2. The Kier molecular flexibility index (Phi) is 7.84. The molecule has 2 N–H and O–H groups in total. The summed E-state index contributed by atoms with van der Waals surface area (Å²) in [7, 11) is 0. The quantitative estimate of drug-likeness (QED) is 0.499. The summed E-state index contributed by atoms with van der Waals surface area (Å²) in [5, 5.41) is 0. The number of nitrogens with zero attached hydrogens (tertiary/aromatic N) is 4. The molecule has 5 heterocycles. The molecule has 4 saturated heterocycles. The number of fused-ring (bicyclic) bond motifs is 3. The standard InChI is InChI=1S/C34H52FN5O3/c35-27-17-25-30-33(31(27)38-14-10-23(36)18-38)43-29-16-22-8-2-1-7-21(22)15-28(29)40(30)20-26(32(25)41)34(42)39-13-4-3-9-24(39)19-37-11-5-6-12-37/h20-25,27-31,33H,1-19,36H2. The number of halogens is 1. The van der Waals surface area contributed by atoms with E-state index in [9.17, 15) is 9.59 Å². The van der Waals surface area contributed by atoms with E-state index in [0.29, 0.717) is 30.5 Å². The van der Waals surface area contributed by atoms with Crippen molar-refractivity contribution in [2.24, 2.45) is 23.5 Å². The zero-order chi connectivity index (χ0) is 29.2. The molecule has 7 fully saturated rings. The number of hydrogen-bond donors (Lipinski definition) is 1. The van der Waals surface area contributed by atoms with Gasteiger partial charge in [0, 0.05) is 50.4 Å². The Morgan fingerprint density at radius 1 is 0.907 bits per heavy atom. The normalized spacial score (nSPS) is 45.4. The lowest BCUT2D eigenvalue weighted by Gasteiger charge is -2.61. The van der Waals surface area contributed by atoms with E-state index in [1.54, 1.807) is 0 Å². The van der Waals surface area contributed by atoms with Crippen molar-refractivity contribution in [3.05, 3.63) is 11.8 Å². The molecule has 0 bridgehead atoms. The van der Waals surface area contributed by atoms with Gasteiger partial charge in [0.25, 0.3) is 5.91 Å². The second kappa shape index (κ2) is 11.7. The Hall–Kier alpha value is -1.55. The number of carbonyl (C=O) groups is 2. The zero-order valence-corrected chi connectivity index (χ0v) is 25.8. The van der Waals surface area contributed by atoms with E-state index in [1.807, 2.05) is 11.1 Å². The lowest BCUT2D eigenvalue weighted by atomic mass is 9.64. The van der Waals surface area contributed by atoms with Crippen molar-refractivity contribution < 1.29 is 18.7 Å². The van der Waals surface area contributed by atoms with E-state index in [0.717, 1.165) is 64.7 Å². The molecule has 9 heteroatoms. The molecule has 8 nitrogen and oxygen atoms in total. The Balaban J connectivity index is 1.13. The Labute approximate surface area is 256 Å². The third kappa shape index (κ3) is 5.08. The molecule has 0 radical (unpaired) electrons. The molecular formula is C34H52FN5O3. The molecule has 5 aliphatic heterocycles. The number of carbonyl (C=O) groups excluding carboxylic acids is 2. The number of Topliss-reactive ketones (excluding diaryl/α,β-unsaturated/α-hetero) is 1. The SMILES string of the molecule is NC1CCN(C2C(F)CC3C(=O)C(C(=O)N4CCCCC4CN4CCCC4)=CN4C5CC6CCCCC6CC5OC2C34)C1. The summed E-state index contributed by atoms with van der Waals surface area (Å²) in [6, 6.07) is -0.227. The summed E-state index contributed by atoms with van der Waals surface area (Å²) in [5.74, 6) is 0.552. The van der Waals surface area contributed by atoms with Gasteiger partial charge in [0.2, 0.25) is 0 Å². The Morgan fingerprint density at radius 2 is 1.65 bits per heavy atom. The molecule has 8 aliphatic rings. The number of amides is 1. The fourth-order valence-corrected chi connectivity index (χ4v) is 10.8. The highest BCUT2D eigenvalue weighted by molar-refractivity contribution is 6.20. The van der Waals surface area contributed by atoms with Crippen LogP contribution in [0, 0.1) is 17.8 Å². The highest BCUT2D eigenvalue weighted by Crippen LogP contribution is 2.51. The predicted molar refractivity (Wildman–Crippen MR) is 162 cm³/mol. The number of ether oxygens (including phenoxy) is 1. The number of nitrogens with two attached hydrogens (primary N) is 1. The van der Waals surface area contributed by atoms with Crippen molar-refractivity contribution in [3.8, 4) is 0 Å². The third-order valence-corrected chi connectivity index (χ3v) is 12.9. The number of alkyl halides is 1. The molecule has 43 heavy (non-hydrogen) atoms. The maximum atomic E-state index is 16.4. The van der Waals surface area contributed by atoms with E-state index in [1.165, 1.54) is 38.5 Å². The van der Waals surface area contributed by atoms with Crippen LogP contribution in [-0.2, 0) is 14.3 Å². The third-order valence-electron chi connectivity index (χ3n) is 12.9. The monoisotopic (exact) mass is 597 g/mol. The van der Waals surface area contributed by atoms with Crippen molar-refractivity contribution in [1.82, 2.24) is 19.6 Å². The summed E-state index contributed by atoms with van der Waals surface area (Å²) >= 11 is 0. The minimum absolute atomic E-state index is 0.0176. The van der Waals surface area contributed by atoms with Gasteiger partial charge in [-0.1, -0.05) is 25.7 Å². The molecule has 11 atom stereocenters. The van der Waals surface area contributed by atoms with E-state index < -0.39 is 12.1 Å². The fraction of sp³-hybridized carbons (Fsp3) is 0.882. The van der Waals surface area contributed by atoms with E-state index in [4.69, 9.17) is 10.5 Å². The zero-order valence-electron chi connectivity index (χ0n) is 25.8. The summed E-state index contributed by atoms with van der Waals surface area (Å²) in [6.45, 7) is 5.28. The lowest BCUT2D eigenvalue weighted by molar-refractivity contribution is -0.219. The second-order valence-corrected chi connectivity index (χ2v) is 15.4. The van der Waals surface area contributed by atoms with Gasteiger partial charge in [0.1, 0.15) is 6.17 Å². The first-order valence-corrected chi connectivity index (χ1v) is 17.8. The smallest absolute Gasteiger partial charge is 0.259 e. The van der Waals surface area contributed by atoms with Crippen molar-refractivity contribution >= 4 is 11.7 Å². The van der Waals surface area contributed by atoms with Crippen molar-refractivity contribution in [2.75, 3.05) is 39.3 Å². The topological polar surface area (TPSA) is 82.3 Å². The Bertz CT molecular complexity index is 1110. The summed E-state index contributed by atoms with van der Waals surface area (Å²) < 4.78 is 23.4. The molecule has 0 spiro atoms. The van der Waals surface area contributed by atoms with Crippen LogP contribution in [0.4, 0.5) is 4.39 Å². The largest absolute Gasteiger partial charge is 0.369 e. The second-order valence-electron chi connectivity index (χ2n) is 15.4. The van der Waals surface area contributed by atoms with Gasteiger partial charge in [-0.3, -0.25) is 14.5 Å². The predicted octanol–water partition coefficient (Wildman–Crippen LogP) is 3.10. The first-order chi connectivity index (χ1) is 21.0. The number of piperidine rings is 1. The van der Waals surface area contributed by atoms with Gasteiger partial charge in [0.05, 0.1) is 35.9 Å². The molecule has 8 rings (SSSR count). The van der Waals surface area contributed by atoms with Crippen LogP contribution in [0.25, 0.3) is 0 Å². The highest BCUT2D eigenvalue weighted by atomic mass is 19.1. The van der Waals surface area contributed by atoms with Crippen molar-refractivity contribution in [2.45, 2.75) is 132 Å². The van der Waals surface area contributed by atoms with Crippen LogP contribution in [0.5, 0.6) is 0 Å². The van der Waals surface area contributed by atoms with Crippen molar-refractivity contribution in [3.63, 3.8) is 0 Å². The van der Waals surface area contributed by atoms with Crippen LogP contribution < -0.4 is 5.73 Å². The molecule has 3 aliphatic carbocycles. The maximum Gasteiger partial charge on any atom is 0.259 e. The molecule has 1 amide bonds. The minimum Gasteiger partial charge on any atom is -0.369 e. The van der Waals surface area contributed by atoms with E-state index >= 15 is 4.39 Å². The molecule has 0 aromatic carbocycles. The summed E-state index contributed by atoms with van der Waals surface area (Å²) in [4.78, 5) is 37.9. The van der Waals surface area contributed by atoms with Crippen LogP contribution in [0.2, 0.25) is 0 Å². The molecule has 0 aromatic rings. The fourth-order valence-electron chi connectivity index (χ4n) is 10.8. The average Bonchev–Trinajstić information content (AvgIpc) is 3.69. The van der Waals surface area contributed by atoms with Gasteiger partial charge >= 0.3 is 0 Å². The van der Waals surface area contributed by atoms with E-state index in [-0.39, 0.29) is 60.5 Å². The number of rotatable bonds is 4. The van der Waals surface area contributed by atoms with Crippen LogP contribution in [0.15, 0.2) is 11.8 Å². The highest BCUT2D eigenvalue weighted by Gasteiger charge is 2.61. The van der Waals surface area contributed by atoms with Crippen LogP contribution >= 0.6 is 0 Å². The van der Waals surface area contributed by atoms with Crippen LogP contribution in [0.3, 0.4) is 0 Å². The first-order valence-electron chi connectivity index (χ1n) is 17.8. The number of ketones is 1. The van der Waals surface area contributed by atoms with Crippen LogP contribution in [-0.4, -0.2) is 119 Å². The molecular weight excluding hydrogens is 545 g/mol. The molecule has 0 aromatic heterocycles. The van der Waals surface area contributed by atoms with Gasteiger partial charge < -0.3 is 25.2 Å². The lowest BCUT2D eigenvalue weighted by Crippen LogP contribution is -2.73. The van der Waals surface area contributed by atoms with Gasteiger partial charge in [-0.2, -0.15) is 0 Å². The van der Waals surface area contributed by atoms with Gasteiger partial charge in [-0.05, 0) is 82.7 Å². The maximum absolute atomic E-state index is 16.4. The van der Waals surface area contributed by atoms with Gasteiger partial charge in [-0.25, -0.2) is 4.39 Å². The molecule has 11 unspecified atom stereocenters. The average molecular weight is 598 g/mol. The molecule has 238 valence electrons. The van der Waals surface area contributed by atoms with Gasteiger partial charge in [-0.15, -0.1) is 0 Å². The number of likely N-dealkylation sites (tertiary alicyclic amines) is 3. The molecule has 3 saturated carbocycles. The van der Waals surface area contributed by atoms with Crippen molar-refractivity contribution in [1.29, 1.82) is 0 Å². The van der Waals surface area contributed by atoms with E-state index in [2.05, 4.69) is 14.7 Å². The van der Waals surface area contributed by atoms with Crippen LogP contribution in [0.1, 0.15) is 83.5 Å².